The molecular formula is C30H22ClN3O3. The molecule has 6 rings (SSSR count). The highest BCUT2D eigenvalue weighted by molar-refractivity contribution is 6.30. The maximum Gasteiger partial charge on any atom is 0.264 e. The molecule has 0 unspecified atom stereocenters. The van der Waals surface area contributed by atoms with E-state index >= 15 is 0 Å². The lowest BCUT2D eigenvalue weighted by molar-refractivity contribution is 0.408. The molecule has 6 aromatic rings. The first-order chi connectivity index (χ1) is 18.0. The van der Waals surface area contributed by atoms with Crippen LogP contribution in [0.25, 0.3) is 45.3 Å². The van der Waals surface area contributed by atoms with E-state index in [-0.39, 0.29) is 5.56 Å². The summed E-state index contributed by atoms with van der Waals surface area (Å²) in [6.45, 7) is 1.85. The summed E-state index contributed by atoms with van der Waals surface area (Å²) in [5.41, 5.74) is 4.86. The average molecular weight is 508 g/mol. The van der Waals surface area contributed by atoms with Crippen LogP contribution >= 0.6 is 11.6 Å². The summed E-state index contributed by atoms with van der Waals surface area (Å²) in [4.78, 5) is 13.6. The molecule has 3 aromatic carbocycles. The predicted octanol–water partition coefficient (Wildman–Crippen LogP) is 7.82. The Kier molecular flexibility index (Phi) is 5.66. The van der Waals surface area contributed by atoms with Gasteiger partial charge >= 0.3 is 0 Å². The van der Waals surface area contributed by atoms with E-state index in [1.54, 1.807) is 11.6 Å². The molecule has 0 saturated heterocycles. The average Bonchev–Trinajstić information content (AvgIpc) is 3.48. The number of benzene rings is 3. The molecular weight excluding hydrogens is 486 g/mol. The quantitative estimate of drug-likeness (QED) is 0.257. The summed E-state index contributed by atoms with van der Waals surface area (Å²) >= 11 is 6.01. The Hall–Kier alpha value is -4.55. The molecule has 0 aliphatic heterocycles. The van der Waals surface area contributed by atoms with Gasteiger partial charge in [0.15, 0.2) is 17.1 Å². The van der Waals surface area contributed by atoms with Gasteiger partial charge in [0, 0.05) is 23.0 Å². The van der Waals surface area contributed by atoms with Crippen molar-refractivity contribution in [1.82, 2.24) is 9.72 Å². The second kappa shape index (κ2) is 9.15. The smallest absolute Gasteiger partial charge is 0.264 e. The molecule has 0 aliphatic rings. The molecule has 182 valence electrons. The zero-order valence-electron chi connectivity index (χ0n) is 20.2. The number of anilines is 2. The van der Waals surface area contributed by atoms with E-state index in [0.717, 1.165) is 22.0 Å². The van der Waals surface area contributed by atoms with Crippen molar-refractivity contribution in [2.24, 2.45) is 7.05 Å². The van der Waals surface area contributed by atoms with Gasteiger partial charge < -0.3 is 18.8 Å². The fraction of sp³-hybridized carbons (Fsp3) is 0.0667. The maximum absolute atomic E-state index is 13.6. The second-order valence-corrected chi connectivity index (χ2v) is 9.21. The van der Waals surface area contributed by atoms with Gasteiger partial charge in [-0.3, -0.25) is 4.79 Å². The van der Waals surface area contributed by atoms with Gasteiger partial charge in [-0.25, -0.2) is 0 Å². The van der Waals surface area contributed by atoms with Gasteiger partial charge in [-0.15, -0.1) is 0 Å². The normalized spacial score (nSPS) is 11.6. The van der Waals surface area contributed by atoms with Crippen LogP contribution in [-0.4, -0.2) is 9.72 Å². The van der Waals surface area contributed by atoms with Crippen molar-refractivity contribution in [2.75, 3.05) is 5.32 Å². The third-order valence-corrected chi connectivity index (χ3v) is 6.66. The molecule has 0 fully saturated rings. The fourth-order valence-electron chi connectivity index (χ4n) is 4.50. The van der Waals surface area contributed by atoms with Gasteiger partial charge in [0.05, 0.1) is 11.2 Å². The standard InChI is InChI=1S/C30H22ClN3O3/c1-18-26(24(37-33-18)17-14-19-12-15-21(31)16-13-19)32-27-25-29(36-28(27)20-8-4-3-5-9-20)22-10-6-7-11-23(22)34(2)30(25)35/h3-17,32H,1-2H3/b17-14+. The van der Waals surface area contributed by atoms with Crippen molar-refractivity contribution >= 4 is 57.0 Å². The number of hydrogen-bond donors (Lipinski definition) is 1. The summed E-state index contributed by atoms with van der Waals surface area (Å²) in [6, 6.07) is 24.9. The summed E-state index contributed by atoms with van der Waals surface area (Å²) in [7, 11) is 1.77. The molecule has 7 heteroatoms. The fourth-order valence-corrected chi connectivity index (χ4v) is 4.62. The highest BCUT2D eigenvalue weighted by Gasteiger charge is 2.24. The molecule has 0 spiro atoms. The van der Waals surface area contributed by atoms with Gasteiger partial charge in [0.25, 0.3) is 5.56 Å². The minimum absolute atomic E-state index is 0.158. The molecule has 0 saturated carbocycles. The van der Waals surface area contributed by atoms with E-state index in [2.05, 4.69) is 10.5 Å². The number of furan rings is 1. The zero-order chi connectivity index (χ0) is 25.5. The second-order valence-electron chi connectivity index (χ2n) is 8.77. The van der Waals surface area contributed by atoms with Gasteiger partial charge in [0.2, 0.25) is 0 Å². The predicted molar refractivity (Wildman–Crippen MR) is 149 cm³/mol. The number of nitrogens with one attached hydrogen (secondary N) is 1. The van der Waals surface area contributed by atoms with Gasteiger partial charge in [-0.1, -0.05) is 77.4 Å². The van der Waals surface area contributed by atoms with Crippen LogP contribution in [0.4, 0.5) is 11.4 Å². The molecule has 3 aromatic heterocycles. The first-order valence-electron chi connectivity index (χ1n) is 11.8. The summed E-state index contributed by atoms with van der Waals surface area (Å²) < 4.78 is 13.7. The maximum atomic E-state index is 13.6. The number of para-hydroxylation sites is 1. The third kappa shape index (κ3) is 4.01. The van der Waals surface area contributed by atoms with Crippen LogP contribution in [0.1, 0.15) is 17.0 Å². The van der Waals surface area contributed by atoms with Gasteiger partial charge in [0.1, 0.15) is 16.8 Å². The molecule has 1 N–H and O–H groups in total. The molecule has 0 aliphatic carbocycles. The van der Waals surface area contributed by atoms with Crippen molar-refractivity contribution in [2.45, 2.75) is 6.92 Å². The number of rotatable bonds is 5. The van der Waals surface area contributed by atoms with Gasteiger partial charge in [-0.05, 0) is 42.8 Å². The topological polar surface area (TPSA) is 73.2 Å². The molecule has 0 bridgehead atoms. The number of pyridine rings is 1. The Morgan fingerprint density at radius 1 is 0.919 bits per heavy atom. The van der Waals surface area contributed by atoms with E-state index in [0.29, 0.717) is 44.6 Å². The van der Waals surface area contributed by atoms with Crippen molar-refractivity contribution in [3.63, 3.8) is 0 Å². The molecule has 6 nitrogen and oxygen atoms in total. The summed E-state index contributed by atoms with van der Waals surface area (Å²) in [5.74, 6) is 1.09. The van der Waals surface area contributed by atoms with E-state index < -0.39 is 0 Å². The first kappa shape index (κ1) is 22.9. The Morgan fingerprint density at radius 3 is 2.43 bits per heavy atom. The van der Waals surface area contributed by atoms with Crippen LogP contribution in [0.2, 0.25) is 5.02 Å². The summed E-state index contributed by atoms with van der Waals surface area (Å²) in [6.07, 6.45) is 3.75. The lowest BCUT2D eigenvalue weighted by Crippen LogP contribution is -2.17. The number of hydrogen-bond acceptors (Lipinski definition) is 5. The Bertz CT molecular complexity index is 1850. The largest absolute Gasteiger partial charge is 0.453 e. The van der Waals surface area contributed by atoms with E-state index in [1.165, 1.54) is 0 Å². The Balaban J connectivity index is 1.55. The molecule has 0 amide bonds. The van der Waals surface area contributed by atoms with Crippen LogP contribution < -0.4 is 10.9 Å². The SMILES string of the molecule is Cc1noc(/C=C/c2ccc(Cl)cc2)c1Nc1c(-c2ccccc2)oc2c1c(=O)n(C)c1ccccc21. The highest BCUT2D eigenvalue weighted by Crippen LogP contribution is 2.41. The number of nitrogens with zero attached hydrogens (tertiary/aromatic N) is 2. The van der Waals surface area contributed by atoms with Gasteiger partial charge in [-0.2, -0.15) is 0 Å². The number of aromatic nitrogens is 2. The van der Waals surface area contributed by atoms with Crippen molar-refractivity contribution in [3.8, 4) is 11.3 Å². The first-order valence-corrected chi connectivity index (χ1v) is 12.2. The van der Waals surface area contributed by atoms with Crippen LogP contribution in [0, 0.1) is 6.92 Å². The van der Waals surface area contributed by atoms with Crippen molar-refractivity contribution in [3.05, 3.63) is 111 Å². The van der Waals surface area contributed by atoms with Crippen LogP contribution in [0.15, 0.2) is 92.6 Å². The summed E-state index contributed by atoms with van der Waals surface area (Å²) in [5, 5.41) is 9.62. The van der Waals surface area contributed by atoms with E-state index in [9.17, 15) is 4.79 Å². The molecule has 3 heterocycles. The molecule has 0 atom stereocenters. The number of aryl methyl sites for hydroxylation is 2. The lowest BCUT2D eigenvalue weighted by atomic mass is 10.1. The minimum Gasteiger partial charge on any atom is -0.453 e. The zero-order valence-corrected chi connectivity index (χ0v) is 20.9. The third-order valence-electron chi connectivity index (χ3n) is 6.41. The molecule has 0 radical (unpaired) electrons. The van der Waals surface area contributed by atoms with Crippen LogP contribution in [0.3, 0.4) is 0 Å². The lowest BCUT2D eigenvalue weighted by Gasteiger charge is -2.08. The number of fused-ring (bicyclic) bond motifs is 3. The Labute approximate surface area is 217 Å². The Morgan fingerprint density at radius 2 is 1.65 bits per heavy atom. The van der Waals surface area contributed by atoms with Crippen LogP contribution in [0.5, 0.6) is 0 Å². The monoisotopic (exact) mass is 507 g/mol. The molecule has 37 heavy (non-hydrogen) atoms. The van der Waals surface area contributed by atoms with Crippen molar-refractivity contribution < 1.29 is 8.94 Å². The van der Waals surface area contributed by atoms with E-state index in [1.807, 2.05) is 97.9 Å². The van der Waals surface area contributed by atoms with Crippen LogP contribution in [-0.2, 0) is 7.05 Å². The highest BCUT2D eigenvalue weighted by atomic mass is 35.5. The van der Waals surface area contributed by atoms with E-state index in [4.69, 9.17) is 20.5 Å². The minimum atomic E-state index is -0.158. The number of halogens is 1. The van der Waals surface area contributed by atoms with Crippen molar-refractivity contribution in [1.29, 1.82) is 0 Å².